The Balaban J connectivity index is 2.31. The summed E-state index contributed by atoms with van der Waals surface area (Å²) in [5, 5.41) is 21.5. The maximum Gasteiger partial charge on any atom is 0.258 e. The number of oxime groups is 1. The molecule has 1 aliphatic heterocycles. The molecule has 2 rings (SSSR count). The molecule has 1 amide bonds. The van der Waals surface area contributed by atoms with Crippen LogP contribution >= 0.6 is 15.9 Å². The smallest absolute Gasteiger partial charge is 0.258 e. The quantitative estimate of drug-likeness (QED) is 0.332. The van der Waals surface area contributed by atoms with Gasteiger partial charge in [-0.25, -0.2) is 0 Å². The number of nitrogens with zero attached hydrogens (tertiary/aromatic N) is 2. The van der Waals surface area contributed by atoms with Crippen molar-refractivity contribution in [3.05, 3.63) is 28.2 Å². The van der Waals surface area contributed by atoms with Crippen molar-refractivity contribution in [3.8, 4) is 5.75 Å². The van der Waals surface area contributed by atoms with Gasteiger partial charge in [0.05, 0.1) is 11.6 Å². The second kappa shape index (κ2) is 5.48. The number of amidine groups is 1. The van der Waals surface area contributed by atoms with Crippen LogP contribution in [0.2, 0.25) is 0 Å². The number of nitrogens with two attached hydrogens (primary N) is 1. The number of phenols is 1. The zero-order valence-corrected chi connectivity index (χ0v) is 11.7. The Morgan fingerprint density at radius 3 is 2.95 bits per heavy atom. The van der Waals surface area contributed by atoms with Gasteiger partial charge in [0, 0.05) is 11.0 Å². The molecule has 1 heterocycles. The van der Waals surface area contributed by atoms with E-state index in [4.69, 9.17) is 10.9 Å². The van der Waals surface area contributed by atoms with E-state index in [2.05, 4.69) is 21.1 Å². The Labute approximate surface area is 118 Å². The van der Waals surface area contributed by atoms with Gasteiger partial charge < -0.3 is 20.9 Å². The Morgan fingerprint density at radius 2 is 2.26 bits per heavy atom. The fourth-order valence-corrected chi connectivity index (χ4v) is 2.58. The van der Waals surface area contributed by atoms with E-state index in [0.717, 1.165) is 6.42 Å². The van der Waals surface area contributed by atoms with Crippen LogP contribution in [-0.2, 0) is 0 Å². The van der Waals surface area contributed by atoms with Crippen LogP contribution in [0.25, 0.3) is 0 Å². The molecule has 1 aromatic rings. The number of hydrogen-bond donors (Lipinski definition) is 3. The third-order valence-corrected chi connectivity index (χ3v) is 3.65. The van der Waals surface area contributed by atoms with Gasteiger partial charge in [-0.2, -0.15) is 0 Å². The van der Waals surface area contributed by atoms with Crippen molar-refractivity contribution in [2.75, 3.05) is 6.54 Å². The number of rotatable bonds is 2. The summed E-state index contributed by atoms with van der Waals surface area (Å²) in [5.41, 5.74) is 5.79. The summed E-state index contributed by atoms with van der Waals surface area (Å²) >= 11 is 3.26. The zero-order chi connectivity index (χ0) is 14.0. The van der Waals surface area contributed by atoms with Crippen molar-refractivity contribution in [1.82, 2.24) is 4.90 Å². The monoisotopic (exact) mass is 327 g/mol. The van der Waals surface area contributed by atoms with Crippen LogP contribution < -0.4 is 5.73 Å². The third kappa shape index (κ3) is 2.65. The fourth-order valence-electron chi connectivity index (χ4n) is 2.22. The highest BCUT2D eigenvalue weighted by Gasteiger charge is 2.33. The molecule has 1 aliphatic rings. The summed E-state index contributed by atoms with van der Waals surface area (Å²) in [7, 11) is 0. The Kier molecular flexibility index (Phi) is 3.94. The van der Waals surface area contributed by atoms with E-state index in [-0.39, 0.29) is 23.1 Å². The van der Waals surface area contributed by atoms with Gasteiger partial charge in [0.1, 0.15) is 5.75 Å². The first-order chi connectivity index (χ1) is 9.04. The van der Waals surface area contributed by atoms with Crippen LogP contribution in [0, 0.1) is 0 Å². The molecule has 6 nitrogen and oxygen atoms in total. The Morgan fingerprint density at radius 1 is 1.53 bits per heavy atom. The SMILES string of the molecule is N/C(=N/O)C1CCCN1C(=O)c1cc(Br)ccc1O. The van der Waals surface area contributed by atoms with Crippen LogP contribution in [0.3, 0.4) is 0 Å². The molecule has 1 unspecified atom stereocenters. The number of halogens is 1. The average molecular weight is 328 g/mol. The first-order valence-electron chi connectivity index (χ1n) is 5.81. The zero-order valence-electron chi connectivity index (χ0n) is 10.1. The van der Waals surface area contributed by atoms with E-state index < -0.39 is 6.04 Å². The largest absolute Gasteiger partial charge is 0.507 e. The van der Waals surface area contributed by atoms with Crippen molar-refractivity contribution in [2.45, 2.75) is 18.9 Å². The number of hydrogen-bond acceptors (Lipinski definition) is 4. The van der Waals surface area contributed by atoms with E-state index in [9.17, 15) is 9.90 Å². The summed E-state index contributed by atoms with van der Waals surface area (Å²) in [5.74, 6) is -0.397. The van der Waals surface area contributed by atoms with Crippen LogP contribution in [0.5, 0.6) is 5.75 Å². The molecule has 0 radical (unpaired) electrons. The van der Waals surface area contributed by atoms with E-state index in [0.29, 0.717) is 17.4 Å². The summed E-state index contributed by atoms with van der Waals surface area (Å²) in [6.07, 6.45) is 1.43. The summed E-state index contributed by atoms with van der Waals surface area (Å²) in [4.78, 5) is 13.9. The van der Waals surface area contributed by atoms with Crippen LogP contribution in [-0.4, -0.2) is 39.5 Å². The first-order valence-corrected chi connectivity index (χ1v) is 6.60. The number of carbonyl (C=O) groups is 1. The molecule has 102 valence electrons. The molecule has 0 aromatic heterocycles. The third-order valence-electron chi connectivity index (χ3n) is 3.16. The number of likely N-dealkylation sites (tertiary alicyclic amines) is 1. The van der Waals surface area contributed by atoms with Gasteiger partial charge >= 0.3 is 0 Å². The molecule has 1 atom stereocenters. The molecule has 0 aliphatic carbocycles. The number of carbonyl (C=O) groups excluding carboxylic acids is 1. The topological polar surface area (TPSA) is 99.2 Å². The molecule has 4 N–H and O–H groups in total. The highest BCUT2D eigenvalue weighted by Crippen LogP contribution is 2.27. The predicted octanol–water partition coefficient (Wildman–Crippen LogP) is 1.51. The number of phenolic OH excluding ortho intramolecular Hbond substituents is 1. The molecular formula is C12H14BrN3O3. The van der Waals surface area contributed by atoms with Crippen molar-refractivity contribution in [3.63, 3.8) is 0 Å². The molecular weight excluding hydrogens is 314 g/mol. The van der Waals surface area contributed by atoms with Gasteiger partial charge in [-0.15, -0.1) is 0 Å². The minimum absolute atomic E-state index is 0.0142. The average Bonchev–Trinajstić information content (AvgIpc) is 2.89. The number of amides is 1. The van der Waals surface area contributed by atoms with Gasteiger partial charge in [-0.3, -0.25) is 4.79 Å². The standard InChI is InChI=1S/C12H14BrN3O3/c13-7-3-4-10(17)8(6-7)12(18)16-5-1-2-9(16)11(14)15-19/h3-4,6,9,17,19H,1-2,5H2,(H2,14,15). The minimum Gasteiger partial charge on any atom is -0.507 e. The summed E-state index contributed by atoms with van der Waals surface area (Å²) in [6, 6.07) is 4.23. The molecule has 0 bridgehead atoms. The molecule has 7 heteroatoms. The normalized spacial score (nSPS) is 19.7. The fraction of sp³-hybridized carbons (Fsp3) is 0.333. The van der Waals surface area contributed by atoms with Gasteiger partial charge in [-0.05, 0) is 31.0 Å². The highest BCUT2D eigenvalue weighted by molar-refractivity contribution is 9.10. The van der Waals surface area contributed by atoms with Gasteiger partial charge in [0.15, 0.2) is 5.84 Å². The van der Waals surface area contributed by atoms with E-state index in [1.54, 1.807) is 12.1 Å². The Bertz CT molecular complexity index is 533. The lowest BCUT2D eigenvalue weighted by Gasteiger charge is -2.24. The van der Waals surface area contributed by atoms with Crippen molar-refractivity contribution < 1.29 is 15.1 Å². The Hall–Kier alpha value is -1.76. The minimum atomic E-state index is -0.420. The molecule has 1 fully saturated rings. The van der Waals surface area contributed by atoms with E-state index in [1.807, 2.05) is 0 Å². The molecule has 1 saturated heterocycles. The van der Waals surface area contributed by atoms with Gasteiger partial charge in [0.2, 0.25) is 0 Å². The van der Waals surface area contributed by atoms with Crippen LogP contribution in [0.4, 0.5) is 0 Å². The van der Waals surface area contributed by atoms with Crippen molar-refractivity contribution in [2.24, 2.45) is 10.9 Å². The maximum absolute atomic E-state index is 12.4. The van der Waals surface area contributed by atoms with E-state index >= 15 is 0 Å². The molecule has 19 heavy (non-hydrogen) atoms. The lowest BCUT2D eigenvalue weighted by molar-refractivity contribution is 0.0765. The molecule has 0 spiro atoms. The summed E-state index contributed by atoms with van der Waals surface area (Å²) in [6.45, 7) is 0.520. The summed E-state index contributed by atoms with van der Waals surface area (Å²) < 4.78 is 0.702. The second-order valence-corrected chi connectivity index (χ2v) is 5.26. The number of benzene rings is 1. The molecule has 1 aromatic carbocycles. The van der Waals surface area contributed by atoms with Crippen LogP contribution in [0.1, 0.15) is 23.2 Å². The lowest BCUT2D eigenvalue weighted by Crippen LogP contribution is -2.43. The van der Waals surface area contributed by atoms with Crippen molar-refractivity contribution in [1.29, 1.82) is 0 Å². The second-order valence-electron chi connectivity index (χ2n) is 4.34. The highest BCUT2D eigenvalue weighted by atomic mass is 79.9. The van der Waals surface area contributed by atoms with Gasteiger partial charge in [-0.1, -0.05) is 21.1 Å². The molecule has 0 saturated carbocycles. The lowest BCUT2D eigenvalue weighted by atomic mass is 10.1. The maximum atomic E-state index is 12.4. The van der Waals surface area contributed by atoms with Crippen LogP contribution in [0.15, 0.2) is 27.8 Å². The van der Waals surface area contributed by atoms with Crippen molar-refractivity contribution >= 4 is 27.7 Å². The first kappa shape index (κ1) is 13.7. The predicted molar refractivity (Wildman–Crippen MR) is 73.3 cm³/mol. The van der Waals surface area contributed by atoms with Gasteiger partial charge in [0.25, 0.3) is 5.91 Å². The number of aromatic hydroxyl groups is 1. The van der Waals surface area contributed by atoms with E-state index in [1.165, 1.54) is 11.0 Å².